The normalized spacial score (nSPS) is 17.8. The van der Waals surface area contributed by atoms with Gasteiger partial charge in [0.15, 0.2) is 5.96 Å². The first kappa shape index (κ1) is 22.1. The van der Waals surface area contributed by atoms with Gasteiger partial charge in [0, 0.05) is 26.2 Å². The maximum atomic E-state index is 12.1. The topological polar surface area (TPSA) is 91.8 Å². The predicted octanol–water partition coefficient (Wildman–Crippen LogP) is 1.32. The Morgan fingerprint density at radius 1 is 1.24 bits per heavy atom. The third-order valence-electron chi connectivity index (χ3n) is 3.58. The number of benzene rings is 1. The van der Waals surface area contributed by atoms with Crippen molar-refractivity contribution >= 4 is 40.0 Å². The van der Waals surface area contributed by atoms with Crippen LogP contribution in [0.4, 0.5) is 0 Å². The quantitative estimate of drug-likeness (QED) is 0.225. The predicted molar refractivity (Wildman–Crippen MR) is 110 cm³/mol. The molecular formula is C16H27IN4O3S. The van der Waals surface area contributed by atoms with Crippen molar-refractivity contribution in [3.63, 3.8) is 0 Å². The minimum atomic E-state index is -3.47. The van der Waals surface area contributed by atoms with Gasteiger partial charge in [0.1, 0.15) is 0 Å². The number of nitrogens with one attached hydrogen (secondary N) is 3. The molecule has 1 saturated heterocycles. The lowest BCUT2D eigenvalue weighted by Crippen LogP contribution is -2.41. The standard InChI is InChI=1S/C16H26N4O3S.HI/c1-2-17-16(19-13-14-7-6-12-23-14)18-10-11-20-24(21,22)15-8-4-3-5-9-15;/h3-5,8-9,14,20H,2,6-7,10-13H2,1H3,(H2,17,18,19);1H. The molecule has 0 spiro atoms. The van der Waals surface area contributed by atoms with Crippen LogP contribution in [0.15, 0.2) is 40.2 Å². The largest absolute Gasteiger partial charge is 0.376 e. The van der Waals surface area contributed by atoms with Crippen LogP contribution in [-0.2, 0) is 14.8 Å². The number of rotatable bonds is 8. The smallest absolute Gasteiger partial charge is 0.240 e. The lowest BCUT2D eigenvalue weighted by molar-refractivity contribution is 0.117. The van der Waals surface area contributed by atoms with E-state index in [4.69, 9.17) is 4.74 Å². The Kier molecular flexibility index (Phi) is 10.3. The molecule has 1 aliphatic rings. The van der Waals surface area contributed by atoms with Crippen LogP contribution in [0.2, 0.25) is 0 Å². The van der Waals surface area contributed by atoms with Gasteiger partial charge in [-0.15, -0.1) is 24.0 Å². The molecule has 0 radical (unpaired) electrons. The van der Waals surface area contributed by atoms with E-state index in [1.165, 1.54) is 0 Å². The molecule has 142 valence electrons. The van der Waals surface area contributed by atoms with Crippen LogP contribution in [0.3, 0.4) is 0 Å². The number of aliphatic imine (C=N–C) groups is 1. The molecule has 0 saturated carbocycles. The fourth-order valence-electron chi connectivity index (χ4n) is 2.37. The van der Waals surface area contributed by atoms with Gasteiger partial charge in [-0.2, -0.15) is 0 Å². The number of hydrogen-bond donors (Lipinski definition) is 3. The summed E-state index contributed by atoms with van der Waals surface area (Å²) in [4.78, 5) is 4.75. The van der Waals surface area contributed by atoms with Crippen LogP contribution < -0.4 is 15.4 Å². The highest BCUT2D eigenvalue weighted by atomic mass is 127. The van der Waals surface area contributed by atoms with E-state index in [-0.39, 0.29) is 41.5 Å². The van der Waals surface area contributed by atoms with Crippen molar-refractivity contribution < 1.29 is 13.2 Å². The number of guanidine groups is 1. The van der Waals surface area contributed by atoms with E-state index in [9.17, 15) is 8.42 Å². The van der Waals surface area contributed by atoms with Gasteiger partial charge in [-0.3, -0.25) is 4.99 Å². The minimum absolute atomic E-state index is 0. The van der Waals surface area contributed by atoms with Crippen LogP contribution in [0.25, 0.3) is 0 Å². The second-order valence-electron chi connectivity index (χ2n) is 5.49. The summed E-state index contributed by atoms with van der Waals surface area (Å²) in [7, 11) is -3.47. The average Bonchev–Trinajstić information content (AvgIpc) is 3.11. The summed E-state index contributed by atoms with van der Waals surface area (Å²) in [5.74, 6) is 0.673. The van der Waals surface area contributed by atoms with Gasteiger partial charge in [-0.25, -0.2) is 13.1 Å². The molecule has 0 aliphatic carbocycles. The molecular weight excluding hydrogens is 455 g/mol. The highest BCUT2D eigenvalue weighted by molar-refractivity contribution is 14.0. The first-order valence-electron chi connectivity index (χ1n) is 8.30. The number of halogens is 1. The number of sulfonamides is 1. The molecule has 0 amide bonds. The zero-order valence-corrected chi connectivity index (χ0v) is 17.5. The third-order valence-corrected chi connectivity index (χ3v) is 5.06. The highest BCUT2D eigenvalue weighted by Crippen LogP contribution is 2.11. The maximum absolute atomic E-state index is 12.1. The van der Waals surface area contributed by atoms with Crippen molar-refractivity contribution in [2.24, 2.45) is 4.99 Å². The van der Waals surface area contributed by atoms with E-state index < -0.39 is 10.0 Å². The zero-order valence-electron chi connectivity index (χ0n) is 14.4. The second-order valence-corrected chi connectivity index (χ2v) is 7.26. The number of nitrogens with zero attached hydrogens (tertiary/aromatic N) is 1. The highest BCUT2D eigenvalue weighted by Gasteiger charge is 2.15. The van der Waals surface area contributed by atoms with Gasteiger partial charge >= 0.3 is 0 Å². The molecule has 9 heteroatoms. The van der Waals surface area contributed by atoms with E-state index in [2.05, 4.69) is 20.3 Å². The summed E-state index contributed by atoms with van der Waals surface area (Å²) in [6.45, 7) is 4.88. The number of hydrogen-bond acceptors (Lipinski definition) is 4. The lowest BCUT2D eigenvalue weighted by Gasteiger charge is -2.13. The molecule has 3 N–H and O–H groups in total. The monoisotopic (exact) mass is 482 g/mol. The molecule has 1 unspecified atom stereocenters. The molecule has 1 aliphatic heterocycles. The van der Waals surface area contributed by atoms with Gasteiger partial charge in [-0.05, 0) is 31.9 Å². The summed E-state index contributed by atoms with van der Waals surface area (Å²) in [6, 6.07) is 8.33. The molecule has 0 aromatic heterocycles. The fraction of sp³-hybridized carbons (Fsp3) is 0.562. The summed E-state index contributed by atoms with van der Waals surface area (Å²) >= 11 is 0. The number of ether oxygens (including phenoxy) is 1. The summed E-state index contributed by atoms with van der Waals surface area (Å²) in [5, 5.41) is 6.27. The SMILES string of the molecule is CCNC(=NCC1CCCO1)NCCNS(=O)(=O)c1ccccc1.I. The Labute approximate surface area is 167 Å². The van der Waals surface area contributed by atoms with E-state index in [0.717, 1.165) is 26.0 Å². The molecule has 1 atom stereocenters. The van der Waals surface area contributed by atoms with Crippen molar-refractivity contribution in [3.05, 3.63) is 30.3 Å². The molecule has 1 fully saturated rings. The fourth-order valence-corrected chi connectivity index (χ4v) is 3.43. The summed E-state index contributed by atoms with van der Waals surface area (Å²) in [6.07, 6.45) is 2.32. The Morgan fingerprint density at radius 3 is 2.64 bits per heavy atom. The Hall–Kier alpha value is -0.910. The molecule has 7 nitrogen and oxygen atoms in total. The van der Waals surface area contributed by atoms with Crippen LogP contribution in [-0.4, -0.2) is 53.3 Å². The van der Waals surface area contributed by atoms with Crippen LogP contribution >= 0.6 is 24.0 Å². The van der Waals surface area contributed by atoms with Crippen molar-refractivity contribution in [2.75, 3.05) is 32.8 Å². The third kappa shape index (κ3) is 7.89. The first-order valence-corrected chi connectivity index (χ1v) is 9.78. The van der Waals surface area contributed by atoms with Crippen LogP contribution in [0.1, 0.15) is 19.8 Å². The van der Waals surface area contributed by atoms with Gasteiger partial charge in [0.2, 0.25) is 10.0 Å². The van der Waals surface area contributed by atoms with Crippen molar-refractivity contribution in [2.45, 2.75) is 30.8 Å². The molecule has 2 rings (SSSR count). The first-order chi connectivity index (χ1) is 11.6. The summed E-state index contributed by atoms with van der Waals surface area (Å²) in [5.41, 5.74) is 0. The second kappa shape index (κ2) is 11.7. The molecule has 0 bridgehead atoms. The van der Waals surface area contributed by atoms with E-state index >= 15 is 0 Å². The molecule has 1 aromatic rings. The summed E-state index contributed by atoms with van der Waals surface area (Å²) < 4.78 is 32.3. The van der Waals surface area contributed by atoms with Crippen LogP contribution in [0, 0.1) is 0 Å². The van der Waals surface area contributed by atoms with E-state index in [1.807, 2.05) is 6.92 Å². The molecule has 1 heterocycles. The molecule has 25 heavy (non-hydrogen) atoms. The Morgan fingerprint density at radius 2 is 2.00 bits per heavy atom. The average molecular weight is 482 g/mol. The minimum Gasteiger partial charge on any atom is -0.376 e. The van der Waals surface area contributed by atoms with Crippen molar-refractivity contribution in [1.82, 2.24) is 15.4 Å². The van der Waals surface area contributed by atoms with Gasteiger partial charge in [0.05, 0.1) is 17.5 Å². The Balaban J connectivity index is 0.00000312. The van der Waals surface area contributed by atoms with E-state index in [1.54, 1.807) is 30.3 Å². The maximum Gasteiger partial charge on any atom is 0.240 e. The van der Waals surface area contributed by atoms with Crippen LogP contribution in [0.5, 0.6) is 0 Å². The molecule has 1 aromatic carbocycles. The Bertz CT molecular complexity index is 620. The van der Waals surface area contributed by atoms with Gasteiger partial charge in [0.25, 0.3) is 0 Å². The zero-order chi connectivity index (χ0) is 17.3. The van der Waals surface area contributed by atoms with Gasteiger partial charge in [-0.1, -0.05) is 18.2 Å². The lowest BCUT2D eigenvalue weighted by atomic mass is 10.2. The van der Waals surface area contributed by atoms with Gasteiger partial charge < -0.3 is 15.4 Å². The van der Waals surface area contributed by atoms with E-state index in [0.29, 0.717) is 19.0 Å². The van der Waals surface area contributed by atoms with Crippen molar-refractivity contribution in [1.29, 1.82) is 0 Å². The van der Waals surface area contributed by atoms with Crippen molar-refractivity contribution in [3.8, 4) is 0 Å².